The largest absolute Gasteiger partial charge is 0.381 e. The van der Waals surface area contributed by atoms with Gasteiger partial charge < -0.3 is 19.7 Å². The molecule has 0 aromatic heterocycles. The van der Waals surface area contributed by atoms with E-state index in [1.165, 1.54) is 18.5 Å². The van der Waals surface area contributed by atoms with E-state index in [2.05, 4.69) is 22.3 Å². The Hall–Kier alpha value is -1.59. The summed E-state index contributed by atoms with van der Waals surface area (Å²) < 4.78 is 11.2. The smallest absolute Gasteiger partial charge is 0.251 e. The number of hydrogen-bond acceptors (Lipinski definition) is 4. The normalized spacial score (nSPS) is 27.5. The van der Waals surface area contributed by atoms with Gasteiger partial charge in [0.2, 0.25) is 0 Å². The molecule has 3 saturated heterocycles. The highest BCUT2D eigenvalue weighted by Crippen LogP contribution is 2.30. The van der Waals surface area contributed by atoms with Crippen LogP contribution in [0, 0.1) is 11.8 Å². The van der Waals surface area contributed by atoms with Crippen molar-refractivity contribution in [3.8, 4) is 0 Å². The van der Waals surface area contributed by atoms with Gasteiger partial charge in [0.05, 0.1) is 6.61 Å². The molecule has 0 unspecified atom stereocenters. The lowest BCUT2D eigenvalue weighted by molar-refractivity contribution is -0.0259. The SMILES string of the molecule is O=C(N[C@@H]1CCOC[C@@H]1C1CCOCC1)c1ccc(N2CCCC2)cc1. The number of rotatable bonds is 4. The first-order valence-electron chi connectivity index (χ1n) is 10.1. The van der Waals surface area contributed by atoms with Crippen LogP contribution < -0.4 is 10.2 Å². The minimum atomic E-state index is 0.0435. The van der Waals surface area contributed by atoms with Crippen molar-refractivity contribution in [1.29, 1.82) is 0 Å². The van der Waals surface area contributed by atoms with Crippen LogP contribution in [0.3, 0.4) is 0 Å². The molecule has 1 N–H and O–H groups in total. The molecule has 142 valence electrons. The van der Waals surface area contributed by atoms with Crippen molar-refractivity contribution in [3.05, 3.63) is 29.8 Å². The van der Waals surface area contributed by atoms with Gasteiger partial charge in [-0.25, -0.2) is 0 Å². The van der Waals surface area contributed by atoms with Gasteiger partial charge in [0.1, 0.15) is 0 Å². The number of nitrogens with zero attached hydrogens (tertiary/aromatic N) is 1. The fourth-order valence-corrected chi connectivity index (χ4v) is 4.60. The Morgan fingerprint density at radius 1 is 0.962 bits per heavy atom. The molecule has 4 rings (SSSR count). The maximum atomic E-state index is 12.8. The molecule has 0 bridgehead atoms. The Labute approximate surface area is 156 Å². The number of carbonyl (C=O) groups excluding carboxylic acids is 1. The number of nitrogens with one attached hydrogen (secondary N) is 1. The van der Waals surface area contributed by atoms with Crippen molar-refractivity contribution in [2.45, 2.75) is 38.1 Å². The number of amides is 1. The van der Waals surface area contributed by atoms with Crippen LogP contribution in [0.25, 0.3) is 0 Å². The Morgan fingerprint density at radius 3 is 2.38 bits per heavy atom. The summed E-state index contributed by atoms with van der Waals surface area (Å²) in [4.78, 5) is 15.2. The Balaban J connectivity index is 1.39. The van der Waals surface area contributed by atoms with Gasteiger partial charge in [0.15, 0.2) is 0 Å². The average molecular weight is 358 g/mol. The monoisotopic (exact) mass is 358 g/mol. The average Bonchev–Trinajstić information content (AvgIpc) is 3.24. The first kappa shape index (κ1) is 17.8. The molecule has 3 heterocycles. The van der Waals surface area contributed by atoms with E-state index in [1.807, 2.05) is 12.1 Å². The third-order valence-corrected chi connectivity index (χ3v) is 6.19. The summed E-state index contributed by atoms with van der Waals surface area (Å²) in [6.45, 7) is 5.41. The molecule has 0 saturated carbocycles. The van der Waals surface area contributed by atoms with Crippen LogP contribution in [0.4, 0.5) is 5.69 Å². The molecule has 3 aliphatic rings. The van der Waals surface area contributed by atoms with Crippen LogP contribution in [0.1, 0.15) is 42.5 Å². The summed E-state index contributed by atoms with van der Waals surface area (Å²) in [5.41, 5.74) is 1.98. The van der Waals surface area contributed by atoms with E-state index in [0.29, 0.717) is 11.8 Å². The van der Waals surface area contributed by atoms with Crippen molar-refractivity contribution >= 4 is 11.6 Å². The van der Waals surface area contributed by atoms with E-state index in [0.717, 1.165) is 64.3 Å². The van der Waals surface area contributed by atoms with Gasteiger partial charge in [0.25, 0.3) is 5.91 Å². The van der Waals surface area contributed by atoms with Crippen molar-refractivity contribution < 1.29 is 14.3 Å². The first-order chi connectivity index (χ1) is 12.8. The fraction of sp³-hybridized carbons (Fsp3) is 0.667. The molecular weight excluding hydrogens is 328 g/mol. The van der Waals surface area contributed by atoms with E-state index < -0.39 is 0 Å². The molecule has 26 heavy (non-hydrogen) atoms. The summed E-state index contributed by atoms with van der Waals surface area (Å²) in [7, 11) is 0. The lowest BCUT2D eigenvalue weighted by Gasteiger charge is -2.39. The second-order valence-corrected chi connectivity index (χ2v) is 7.80. The molecule has 5 nitrogen and oxygen atoms in total. The second-order valence-electron chi connectivity index (χ2n) is 7.80. The molecular formula is C21H30N2O3. The fourth-order valence-electron chi connectivity index (χ4n) is 4.60. The van der Waals surface area contributed by atoms with Gasteiger partial charge >= 0.3 is 0 Å². The van der Waals surface area contributed by atoms with Crippen molar-refractivity contribution in [2.24, 2.45) is 11.8 Å². The van der Waals surface area contributed by atoms with E-state index in [-0.39, 0.29) is 11.9 Å². The van der Waals surface area contributed by atoms with Gasteiger partial charge in [-0.3, -0.25) is 4.79 Å². The Bertz CT molecular complexity index is 592. The van der Waals surface area contributed by atoms with E-state index >= 15 is 0 Å². The van der Waals surface area contributed by atoms with Gasteiger partial charge in [-0.2, -0.15) is 0 Å². The van der Waals surface area contributed by atoms with Gasteiger partial charge in [-0.1, -0.05) is 0 Å². The number of carbonyl (C=O) groups is 1. The summed E-state index contributed by atoms with van der Waals surface area (Å²) in [6.07, 6.45) is 5.58. The standard InChI is InChI=1S/C21H30N2O3/c24-21(17-3-5-18(6-4-17)23-10-1-2-11-23)22-20-9-14-26-15-19(20)16-7-12-25-13-8-16/h3-6,16,19-20H,1-2,7-15H2,(H,22,24)/t19-,20-/m1/s1. The number of ether oxygens (including phenoxy) is 2. The molecule has 1 aromatic carbocycles. The topological polar surface area (TPSA) is 50.8 Å². The van der Waals surface area contributed by atoms with Crippen molar-refractivity contribution in [2.75, 3.05) is 44.4 Å². The molecule has 3 aliphatic heterocycles. The van der Waals surface area contributed by atoms with E-state index in [4.69, 9.17) is 9.47 Å². The molecule has 0 radical (unpaired) electrons. The van der Waals surface area contributed by atoms with Gasteiger partial charge in [0, 0.05) is 56.1 Å². The van der Waals surface area contributed by atoms with Crippen molar-refractivity contribution in [3.63, 3.8) is 0 Å². The number of benzene rings is 1. The van der Waals surface area contributed by atoms with Crippen LogP contribution in [-0.4, -0.2) is 51.5 Å². The molecule has 1 aromatic rings. The molecule has 0 spiro atoms. The van der Waals surface area contributed by atoms with Crippen LogP contribution in [0.15, 0.2) is 24.3 Å². The number of anilines is 1. The van der Waals surface area contributed by atoms with Crippen LogP contribution >= 0.6 is 0 Å². The summed E-state index contributed by atoms with van der Waals surface area (Å²) in [5, 5.41) is 3.30. The van der Waals surface area contributed by atoms with Crippen molar-refractivity contribution in [1.82, 2.24) is 5.32 Å². The minimum absolute atomic E-state index is 0.0435. The van der Waals surface area contributed by atoms with Gasteiger partial charge in [-0.05, 0) is 62.3 Å². The molecule has 3 fully saturated rings. The summed E-state index contributed by atoms with van der Waals surface area (Å²) >= 11 is 0. The summed E-state index contributed by atoms with van der Waals surface area (Å²) in [5.74, 6) is 1.04. The highest BCUT2D eigenvalue weighted by molar-refractivity contribution is 5.94. The predicted molar refractivity (Wildman–Crippen MR) is 102 cm³/mol. The summed E-state index contributed by atoms with van der Waals surface area (Å²) in [6, 6.07) is 8.30. The highest BCUT2D eigenvalue weighted by atomic mass is 16.5. The lowest BCUT2D eigenvalue weighted by atomic mass is 9.79. The zero-order valence-corrected chi connectivity index (χ0v) is 15.5. The zero-order chi connectivity index (χ0) is 17.8. The van der Waals surface area contributed by atoms with Crippen LogP contribution in [-0.2, 0) is 9.47 Å². The maximum Gasteiger partial charge on any atom is 0.251 e. The third-order valence-electron chi connectivity index (χ3n) is 6.19. The Morgan fingerprint density at radius 2 is 1.65 bits per heavy atom. The third kappa shape index (κ3) is 4.04. The van der Waals surface area contributed by atoms with Gasteiger partial charge in [-0.15, -0.1) is 0 Å². The Kier molecular flexibility index (Phi) is 5.75. The quantitative estimate of drug-likeness (QED) is 0.899. The first-order valence-corrected chi connectivity index (χ1v) is 10.1. The lowest BCUT2D eigenvalue weighted by Crippen LogP contribution is -2.49. The minimum Gasteiger partial charge on any atom is -0.381 e. The molecule has 1 amide bonds. The zero-order valence-electron chi connectivity index (χ0n) is 15.5. The molecule has 2 atom stereocenters. The second kappa shape index (κ2) is 8.40. The molecule has 5 heteroatoms. The highest BCUT2D eigenvalue weighted by Gasteiger charge is 2.34. The van der Waals surface area contributed by atoms with Crippen LogP contribution in [0.2, 0.25) is 0 Å². The maximum absolute atomic E-state index is 12.8. The predicted octanol–water partition coefficient (Wildman–Crippen LogP) is 2.85. The van der Waals surface area contributed by atoms with E-state index in [1.54, 1.807) is 0 Å². The number of hydrogen-bond donors (Lipinski definition) is 1. The van der Waals surface area contributed by atoms with E-state index in [9.17, 15) is 4.79 Å². The molecule has 0 aliphatic carbocycles. The van der Waals surface area contributed by atoms with Crippen LogP contribution in [0.5, 0.6) is 0 Å².